The van der Waals surface area contributed by atoms with Gasteiger partial charge in [-0.05, 0) is 6.42 Å². The highest BCUT2D eigenvalue weighted by Crippen LogP contribution is 2.31. The number of hydrogen-bond donors (Lipinski definition) is 2. The van der Waals surface area contributed by atoms with Crippen molar-refractivity contribution in [3.63, 3.8) is 0 Å². The third-order valence-electron chi connectivity index (χ3n) is 3.67. The summed E-state index contributed by atoms with van der Waals surface area (Å²) in [5.74, 6) is -0.516. The average molecular weight is 334 g/mol. The summed E-state index contributed by atoms with van der Waals surface area (Å²) in [6.07, 6.45) is 1.50. The summed E-state index contributed by atoms with van der Waals surface area (Å²) in [6, 6.07) is -0.616. The van der Waals surface area contributed by atoms with E-state index >= 15 is 0 Å². The first kappa shape index (κ1) is 14.3. The second kappa shape index (κ2) is 4.42. The minimum Gasteiger partial charge on any atom is -0.324 e. The number of amides is 3. The van der Waals surface area contributed by atoms with E-state index in [4.69, 9.17) is 11.6 Å². The van der Waals surface area contributed by atoms with Crippen molar-refractivity contribution in [2.75, 3.05) is 13.1 Å². The lowest BCUT2D eigenvalue weighted by molar-refractivity contribution is -0.123. The number of hydrogen-bond acceptors (Lipinski definition) is 5. The molecule has 11 heteroatoms. The number of aryl methyl sites for hydroxylation is 1. The third-order valence-corrected chi connectivity index (χ3v) is 6.00. The van der Waals surface area contributed by atoms with Gasteiger partial charge in [0.25, 0.3) is 15.9 Å². The van der Waals surface area contributed by atoms with E-state index in [1.54, 1.807) is 7.05 Å². The van der Waals surface area contributed by atoms with E-state index < -0.39 is 27.5 Å². The summed E-state index contributed by atoms with van der Waals surface area (Å²) in [5.41, 5.74) is -1.20. The van der Waals surface area contributed by atoms with Gasteiger partial charge in [-0.15, -0.1) is 0 Å². The maximum Gasteiger partial charge on any atom is 0.322 e. The van der Waals surface area contributed by atoms with Crippen molar-refractivity contribution in [2.24, 2.45) is 7.05 Å². The molecule has 9 nitrogen and oxygen atoms in total. The molecule has 3 amide bonds. The molecule has 0 radical (unpaired) electrons. The predicted octanol–water partition coefficient (Wildman–Crippen LogP) is -0.954. The van der Waals surface area contributed by atoms with Crippen LogP contribution >= 0.6 is 11.6 Å². The van der Waals surface area contributed by atoms with Crippen LogP contribution in [0.15, 0.2) is 11.4 Å². The van der Waals surface area contributed by atoms with Crippen LogP contribution in [0.5, 0.6) is 0 Å². The predicted molar refractivity (Wildman–Crippen MR) is 71.0 cm³/mol. The molecule has 1 aromatic heterocycles. The maximum atomic E-state index is 12.5. The van der Waals surface area contributed by atoms with Crippen molar-refractivity contribution in [3.8, 4) is 0 Å². The average Bonchev–Trinajstić information content (AvgIpc) is 3.03. The number of aromatic nitrogens is 2. The fourth-order valence-corrected chi connectivity index (χ4v) is 4.37. The number of nitrogens with zero attached hydrogens (tertiary/aromatic N) is 3. The van der Waals surface area contributed by atoms with E-state index in [9.17, 15) is 18.0 Å². The smallest absolute Gasteiger partial charge is 0.322 e. The minimum atomic E-state index is -3.91. The summed E-state index contributed by atoms with van der Waals surface area (Å²) < 4.78 is 27.5. The molecule has 1 unspecified atom stereocenters. The molecule has 2 aliphatic heterocycles. The van der Waals surface area contributed by atoms with Gasteiger partial charge in [0, 0.05) is 20.1 Å². The standard InChI is InChI=1S/C10H12ClN5O4S/c1-15-5-12-7(6(15)11)21(19,20)16-3-2-10(4-16)8(17)13-9(18)14-10/h5H,2-4H2,1H3,(H2,13,14,17,18). The van der Waals surface area contributed by atoms with Gasteiger partial charge in [-0.2, -0.15) is 4.31 Å². The molecule has 2 saturated heterocycles. The normalized spacial score (nSPS) is 26.4. The van der Waals surface area contributed by atoms with Gasteiger partial charge >= 0.3 is 6.03 Å². The maximum absolute atomic E-state index is 12.5. The molecule has 0 aromatic carbocycles. The fourth-order valence-electron chi connectivity index (χ4n) is 2.48. The molecule has 21 heavy (non-hydrogen) atoms. The lowest BCUT2D eigenvalue weighted by atomic mass is 10.00. The van der Waals surface area contributed by atoms with Crippen LogP contribution in [0.1, 0.15) is 6.42 Å². The summed E-state index contributed by atoms with van der Waals surface area (Å²) in [4.78, 5) is 26.9. The largest absolute Gasteiger partial charge is 0.324 e. The first-order chi connectivity index (χ1) is 9.76. The van der Waals surface area contributed by atoms with E-state index in [0.717, 1.165) is 4.31 Å². The molecule has 2 N–H and O–H groups in total. The molecule has 0 aliphatic carbocycles. The van der Waals surface area contributed by atoms with Crippen molar-refractivity contribution in [3.05, 3.63) is 11.5 Å². The molecule has 1 atom stereocenters. The monoisotopic (exact) mass is 333 g/mol. The molecule has 1 aromatic rings. The second-order valence-corrected chi connectivity index (χ2v) is 7.24. The van der Waals surface area contributed by atoms with E-state index in [-0.39, 0.29) is 29.7 Å². The quantitative estimate of drug-likeness (QED) is 0.677. The topological polar surface area (TPSA) is 113 Å². The van der Waals surface area contributed by atoms with Crippen molar-refractivity contribution >= 4 is 33.6 Å². The molecule has 2 fully saturated rings. The van der Waals surface area contributed by atoms with Gasteiger partial charge in [-0.1, -0.05) is 11.6 Å². The number of nitrogens with one attached hydrogen (secondary N) is 2. The molecular formula is C10H12ClN5O4S. The summed E-state index contributed by atoms with van der Waals surface area (Å²) >= 11 is 5.92. The second-order valence-electron chi connectivity index (χ2n) is 5.03. The van der Waals surface area contributed by atoms with Crippen LogP contribution in [0, 0.1) is 0 Å². The number of imide groups is 1. The Morgan fingerprint density at radius 3 is 2.67 bits per heavy atom. The summed E-state index contributed by atoms with van der Waals surface area (Å²) in [7, 11) is -2.34. The lowest BCUT2D eigenvalue weighted by Crippen LogP contribution is -2.49. The Kier molecular flexibility index (Phi) is 3.01. The third kappa shape index (κ3) is 2.01. The van der Waals surface area contributed by atoms with Gasteiger partial charge in [0.1, 0.15) is 10.7 Å². The number of halogens is 1. The number of urea groups is 1. The summed E-state index contributed by atoms with van der Waals surface area (Å²) in [5, 5.41) is 4.35. The van der Waals surface area contributed by atoms with Crippen molar-refractivity contribution in [2.45, 2.75) is 17.0 Å². The number of imidazole rings is 1. The van der Waals surface area contributed by atoms with E-state index in [0.29, 0.717) is 0 Å². The fraction of sp³-hybridized carbons (Fsp3) is 0.500. The zero-order chi connectivity index (χ0) is 15.4. The zero-order valence-corrected chi connectivity index (χ0v) is 12.5. The van der Waals surface area contributed by atoms with Crippen molar-refractivity contribution in [1.82, 2.24) is 24.5 Å². The van der Waals surface area contributed by atoms with Crippen LogP contribution in [0.25, 0.3) is 0 Å². The van der Waals surface area contributed by atoms with Crippen LogP contribution in [0.3, 0.4) is 0 Å². The van der Waals surface area contributed by atoms with Crippen LogP contribution in [-0.2, 0) is 21.9 Å². The number of carbonyl (C=O) groups excluding carboxylic acids is 2. The Balaban J connectivity index is 1.91. The minimum absolute atomic E-state index is 0.00383. The molecular weight excluding hydrogens is 322 g/mol. The Morgan fingerprint density at radius 2 is 2.14 bits per heavy atom. The van der Waals surface area contributed by atoms with Gasteiger partial charge in [-0.3, -0.25) is 10.1 Å². The van der Waals surface area contributed by atoms with Gasteiger partial charge in [0.15, 0.2) is 0 Å². The molecule has 114 valence electrons. The van der Waals surface area contributed by atoms with E-state index in [1.807, 2.05) is 0 Å². The van der Waals surface area contributed by atoms with Crippen LogP contribution in [0.4, 0.5) is 4.79 Å². The zero-order valence-electron chi connectivity index (χ0n) is 11.0. The Labute approximate surface area is 125 Å². The van der Waals surface area contributed by atoms with Crippen LogP contribution < -0.4 is 10.6 Å². The number of sulfonamides is 1. The number of carbonyl (C=O) groups is 2. The molecule has 0 saturated carbocycles. The van der Waals surface area contributed by atoms with Gasteiger partial charge in [0.2, 0.25) is 5.03 Å². The van der Waals surface area contributed by atoms with Gasteiger partial charge in [0.05, 0.1) is 6.33 Å². The first-order valence-corrected chi connectivity index (χ1v) is 7.89. The first-order valence-electron chi connectivity index (χ1n) is 6.07. The van der Waals surface area contributed by atoms with Crippen LogP contribution in [0.2, 0.25) is 5.15 Å². The van der Waals surface area contributed by atoms with Crippen molar-refractivity contribution < 1.29 is 18.0 Å². The Morgan fingerprint density at radius 1 is 1.43 bits per heavy atom. The molecule has 3 rings (SSSR count). The SMILES string of the molecule is Cn1cnc(S(=O)(=O)N2CCC3(C2)NC(=O)NC3=O)c1Cl. The molecule has 1 spiro atoms. The highest BCUT2D eigenvalue weighted by molar-refractivity contribution is 7.89. The molecule has 3 heterocycles. The van der Waals surface area contributed by atoms with Crippen LogP contribution in [-0.4, -0.2) is 52.8 Å². The van der Waals surface area contributed by atoms with Gasteiger partial charge < -0.3 is 9.88 Å². The highest BCUT2D eigenvalue weighted by Gasteiger charge is 2.53. The Hall–Kier alpha value is -1.65. The van der Waals surface area contributed by atoms with E-state index in [1.165, 1.54) is 10.9 Å². The lowest BCUT2D eigenvalue weighted by Gasteiger charge is -2.20. The number of rotatable bonds is 2. The molecule has 0 bridgehead atoms. The highest BCUT2D eigenvalue weighted by atomic mass is 35.5. The molecule has 2 aliphatic rings. The van der Waals surface area contributed by atoms with Crippen molar-refractivity contribution in [1.29, 1.82) is 0 Å². The summed E-state index contributed by atoms with van der Waals surface area (Å²) in [6.45, 7) is -0.0389. The van der Waals surface area contributed by atoms with E-state index in [2.05, 4.69) is 15.6 Å². The Bertz CT molecular complexity index is 745. The van der Waals surface area contributed by atoms with Gasteiger partial charge in [-0.25, -0.2) is 18.2 Å².